The van der Waals surface area contributed by atoms with Crippen molar-refractivity contribution in [3.8, 4) is 0 Å². The molecule has 0 saturated carbocycles. The molecule has 5 rings (SSSR count). The lowest BCUT2D eigenvalue weighted by Crippen LogP contribution is -2.54. The first-order chi connectivity index (χ1) is 15.0. The van der Waals surface area contributed by atoms with Crippen LogP contribution in [0.25, 0.3) is 11.0 Å². The summed E-state index contributed by atoms with van der Waals surface area (Å²) in [5.74, 6) is -1.29. The third-order valence-corrected chi connectivity index (χ3v) is 6.07. The predicted molar refractivity (Wildman–Crippen MR) is 115 cm³/mol. The lowest BCUT2D eigenvalue weighted by atomic mass is 9.84. The van der Waals surface area contributed by atoms with Crippen LogP contribution in [0.5, 0.6) is 0 Å². The number of hydrogen-bond donors (Lipinski definition) is 1. The zero-order valence-corrected chi connectivity index (χ0v) is 17.1. The Hall–Kier alpha value is -3.42. The average molecular weight is 437 g/mol. The topological polar surface area (TPSA) is 91.1 Å². The van der Waals surface area contributed by atoms with Crippen molar-refractivity contribution >= 4 is 40.1 Å². The Kier molecular flexibility index (Phi) is 4.28. The highest BCUT2D eigenvalue weighted by Crippen LogP contribution is 2.52. The molecule has 1 N–H and O–H groups in total. The summed E-state index contributed by atoms with van der Waals surface area (Å²) >= 11 is 6.10. The van der Waals surface area contributed by atoms with Crippen LogP contribution < -0.4 is 10.3 Å². The molecule has 0 radical (unpaired) electrons. The van der Waals surface area contributed by atoms with Gasteiger partial charge >= 0.3 is 0 Å². The Morgan fingerprint density at radius 2 is 1.94 bits per heavy atom. The van der Waals surface area contributed by atoms with Crippen LogP contribution in [0, 0.1) is 0 Å². The van der Waals surface area contributed by atoms with Crippen LogP contribution in [0.3, 0.4) is 0 Å². The summed E-state index contributed by atoms with van der Waals surface area (Å²) in [6, 6.07) is 11.5. The van der Waals surface area contributed by atoms with E-state index in [1.807, 2.05) is 0 Å². The van der Waals surface area contributed by atoms with Gasteiger partial charge in [0, 0.05) is 23.7 Å². The van der Waals surface area contributed by atoms with Gasteiger partial charge in [0.1, 0.15) is 5.58 Å². The summed E-state index contributed by atoms with van der Waals surface area (Å²) in [5.41, 5.74) is -1.03. The second-order valence-electron chi connectivity index (χ2n) is 7.39. The molecule has 0 saturated heterocycles. The number of carbonyl (C=O) groups is 2. The Balaban J connectivity index is 1.94. The number of rotatable bonds is 4. The minimum Gasteiger partial charge on any atom is -0.450 e. The summed E-state index contributed by atoms with van der Waals surface area (Å²) < 4.78 is 5.85. The van der Waals surface area contributed by atoms with E-state index in [1.165, 1.54) is 21.9 Å². The molecule has 31 heavy (non-hydrogen) atoms. The maximum absolute atomic E-state index is 13.9. The number of nitrogens with zero attached hydrogens (tertiary/aromatic N) is 2. The number of amides is 2. The van der Waals surface area contributed by atoms with Crippen LogP contribution in [-0.2, 0) is 10.3 Å². The molecule has 7 nitrogen and oxygen atoms in total. The zero-order chi connectivity index (χ0) is 21.9. The second-order valence-corrected chi connectivity index (χ2v) is 7.82. The molecule has 1 aromatic heterocycles. The lowest BCUT2D eigenvalue weighted by Gasteiger charge is -2.33. The quantitative estimate of drug-likeness (QED) is 0.635. The van der Waals surface area contributed by atoms with Crippen molar-refractivity contribution in [3.63, 3.8) is 0 Å². The Morgan fingerprint density at radius 1 is 1.16 bits per heavy atom. The van der Waals surface area contributed by atoms with Crippen molar-refractivity contribution in [2.24, 2.45) is 0 Å². The van der Waals surface area contributed by atoms with Crippen LogP contribution in [0.2, 0.25) is 5.02 Å². The van der Waals surface area contributed by atoms with Gasteiger partial charge in [0.2, 0.25) is 5.76 Å². The van der Waals surface area contributed by atoms with Crippen molar-refractivity contribution in [2.45, 2.75) is 5.54 Å². The van der Waals surface area contributed by atoms with Gasteiger partial charge in [0.05, 0.1) is 23.2 Å². The van der Waals surface area contributed by atoms with E-state index in [0.29, 0.717) is 16.3 Å². The van der Waals surface area contributed by atoms with Crippen molar-refractivity contribution in [1.29, 1.82) is 0 Å². The second kappa shape index (κ2) is 6.80. The van der Waals surface area contributed by atoms with Gasteiger partial charge in [-0.25, -0.2) is 0 Å². The van der Waals surface area contributed by atoms with Gasteiger partial charge in [0.25, 0.3) is 11.8 Å². The first kappa shape index (κ1) is 19.5. The maximum Gasteiger partial charge on any atom is 0.291 e. The summed E-state index contributed by atoms with van der Waals surface area (Å²) in [6.07, 6.45) is 1.57. The smallest absolute Gasteiger partial charge is 0.291 e. The van der Waals surface area contributed by atoms with E-state index in [0.717, 1.165) is 0 Å². The Labute approximate surface area is 181 Å². The average Bonchev–Trinajstić information content (AvgIpc) is 3.15. The van der Waals surface area contributed by atoms with E-state index < -0.39 is 29.4 Å². The van der Waals surface area contributed by atoms with Gasteiger partial charge in [-0.3, -0.25) is 14.4 Å². The fourth-order valence-electron chi connectivity index (χ4n) is 4.67. The van der Waals surface area contributed by atoms with E-state index >= 15 is 0 Å². The lowest BCUT2D eigenvalue weighted by molar-refractivity contribution is -0.126. The highest BCUT2D eigenvalue weighted by Gasteiger charge is 2.64. The van der Waals surface area contributed by atoms with Crippen LogP contribution in [0.4, 0.5) is 5.69 Å². The molecule has 3 aromatic rings. The molecule has 1 atom stereocenters. The fourth-order valence-corrected chi connectivity index (χ4v) is 4.85. The first-order valence-electron chi connectivity index (χ1n) is 9.68. The van der Waals surface area contributed by atoms with Gasteiger partial charge < -0.3 is 19.3 Å². The van der Waals surface area contributed by atoms with E-state index in [4.69, 9.17) is 16.0 Å². The van der Waals surface area contributed by atoms with Crippen LogP contribution in [0.15, 0.2) is 64.3 Å². The number of β-amino-alcohol motifs (C(OH)–C–C–N with tert-alkyl or cyclic N) is 1. The predicted octanol–water partition coefficient (Wildman–Crippen LogP) is 2.67. The Bertz CT molecular complexity index is 1350. The molecule has 8 heteroatoms. The van der Waals surface area contributed by atoms with E-state index in [1.54, 1.807) is 36.4 Å². The minimum atomic E-state index is -1.73. The van der Waals surface area contributed by atoms with Gasteiger partial charge in [-0.2, -0.15) is 0 Å². The highest BCUT2D eigenvalue weighted by molar-refractivity contribution is 6.31. The summed E-state index contributed by atoms with van der Waals surface area (Å²) in [6.45, 7) is 3.37. The number of anilines is 1. The van der Waals surface area contributed by atoms with E-state index in [2.05, 4.69) is 6.58 Å². The number of fused-ring (bicyclic) bond motifs is 5. The van der Waals surface area contributed by atoms with Crippen molar-refractivity contribution in [1.82, 2.24) is 4.90 Å². The number of benzene rings is 2. The number of para-hydroxylation sites is 1. The number of halogens is 1. The Morgan fingerprint density at radius 3 is 2.68 bits per heavy atom. The third-order valence-electron chi connectivity index (χ3n) is 5.83. The molecule has 2 aliphatic heterocycles. The molecule has 2 aliphatic rings. The van der Waals surface area contributed by atoms with Gasteiger partial charge in [-0.05, 0) is 24.3 Å². The number of carbonyl (C=O) groups excluding carboxylic acids is 2. The highest BCUT2D eigenvalue weighted by atomic mass is 35.5. The molecule has 1 spiro atoms. The molecule has 0 aliphatic carbocycles. The van der Waals surface area contributed by atoms with Crippen molar-refractivity contribution < 1.29 is 19.1 Å². The SMILES string of the molecule is C=CCN1C(=O)[C@]2(c3ccccc31)c1c(oc3ccc(Cl)cc3c1=O)C(=O)N2CCO. The molecule has 156 valence electrons. The van der Waals surface area contributed by atoms with Gasteiger partial charge in [0.15, 0.2) is 11.0 Å². The van der Waals surface area contributed by atoms with Gasteiger partial charge in [-0.1, -0.05) is 35.9 Å². The zero-order valence-electron chi connectivity index (χ0n) is 16.3. The summed E-state index contributed by atoms with van der Waals surface area (Å²) in [5, 5.41) is 10.2. The molecule has 0 bridgehead atoms. The normalized spacial score (nSPS) is 19.4. The molecule has 2 amide bonds. The van der Waals surface area contributed by atoms with Crippen molar-refractivity contribution in [3.05, 3.63) is 87.3 Å². The summed E-state index contributed by atoms with van der Waals surface area (Å²) in [7, 11) is 0. The standard InChI is InChI=1S/C23H17ClN2O5/c1-2-9-25-16-6-4-3-5-15(16)23(22(25)30)18-19(28)14-12-13(24)7-8-17(14)31-20(18)21(29)26(23)10-11-27/h2-8,12,27H,1,9-11H2/t23-/m0/s1. The van der Waals surface area contributed by atoms with Crippen molar-refractivity contribution in [2.75, 3.05) is 24.6 Å². The van der Waals surface area contributed by atoms with Crippen LogP contribution >= 0.6 is 11.6 Å². The van der Waals surface area contributed by atoms with E-state index in [9.17, 15) is 19.5 Å². The number of aliphatic hydroxyl groups excluding tert-OH is 1. The number of aliphatic hydroxyl groups is 1. The molecule has 0 unspecified atom stereocenters. The largest absolute Gasteiger partial charge is 0.450 e. The first-order valence-corrected chi connectivity index (χ1v) is 10.1. The van der Waals surface area contributed by atoms with E-state index in [-0.39, 0.29) is 35.4 Å². The molecule has 2 aromatic carbocycles. The maximum atomic E-state index is 13.9. The van der Waals surface area contributed by atoms with Crippen LogP contribution in [0.1, 0.15) is 21.7 Å². The number of hydrogen-bond acceptors (Lipinski definition) is 5. The third kappa shape index (κ3) is 2.35. The fraction of sp³-hybridized carbons (Fsp3) is 0.174. The molecule has 0 fully saturated rings. The minimum absolute atomic E-state index is 0.0512. The van der Waals surface area contributed by atoms with Gasteiger partial charge in [-0.15, -0.1) is 6.58 Å². The van der Waals surface area contributed by atoms with Crippen LogP contribution in [-0.4, -0.2) is 41.5 Å². The molecule has 3 heterocycles. The molecular formula is C23H17ClN2O5. The molecular weight excluding hydrogens is 420 g/mol. The monoisotopic (exact) mass is 436 g/mol. The summed E-state index contributed by atoms with van der Waals surface area (Å²) in [4.78, 5) is 43.7.